The van der Waals surface area contributed by atoms with E-state index in [0.29, 0.717) is 17.1 Å². The van der Waals surface area contributed by atoms with Crippen LogP contribution in [0.25, 0.3) is 0 Å². The first-order chi connectivity index (χ1) is 21.3. The molecule has 1 spiro atoms. The number of rotatable bonds is 7. The number of para-hydroxylation sites is 1. The molecule has 6 rings (SSSR count). The fourth-order valence-electron chi connectivity index (χ4n) is 6.22. The first-order valence-corrected chi connectivity index (χ1v) is 14.6. The van der Waals surface area contributed by atoms with Gasteiger partial charge in [0.05, 0.1) is 13.3 Å². The fourth-order valence-corrected chi connectivity index (χ4v) is 6.22. The predicted octanol–water partition coefficient (Wildman–Crippen LogP) is 6.55. The van der Waals surface area contributed by atoms with Gasteiger partial charge in [-0.2, -0.15) is 5.10 Å². The Morgan fingerprint density at radius 2 is 1.55 bits per heavy atom. The number of esters is 1. The highest BCUT2D eigenvalue weighted by Gasteiger charge is 2.57. The molecule has 0 saturated carbocycles. The van der Waals surface area contributed by atoms with Gasteiger partial charge in [0.25, 0.3) is 5.91 Å². The van der Waals surface area contributed by atoms with Crippen molar-refractivity contribution < 1.29 is 24.2 Å². The maximum Gasteiger partial charge on any atom is 0.341 e. The molecule has 2 aliphatic rings. The normalized spacial score (nSPS) is 14.2. The van der Waals surface area contributed by atoms with Crippen LogP contribution in [0, 0.1) is 13.8 Å². The van der Waals surface area contributed by atoms with Crippen LogP contribution < -0.4 is 15.4 Å². The van der Waals surface area contributed by atoms with Crippen molar-refractivity contribution in [2.24, 2.45) is 5.10 Å². The Hall–Kier alpha value is -5.31. The number of nitrogens with one attached hydrogen (secondary N) is 2. The third-order valence-electron chi connectivity index (χ3n) is 8.23. The maximum atomic E-state index is 14.3. The van der Waals surface area contributed by atoms with E-state index in [9.17, 15) is 14.7 Å². The molecule has 44 heavy (non-hydrogen) atoms. The summed E-state index contributed by atoms with van der Waals surface area (Å²) in [7, 11) is 1.25. The van der Waals surface area contributed by atoms with Crippen molar-refractivity contribution >= 4 is 29.5 Å². The number of aryl methyl sites for hydroxylation is 2. The van der Waals surface area contributed by atoms with Crippen LogP contribution in [0.3, 0.4) is 0 Å². The van der Waals surface area contributed by atoms with E-state index in [4.69, 9.17) is 14.6 Å². The van der Waals surface area contributed by atoms with Crippen LogP contribution in [-0.2, 0) is 10.3 Å². The highest BCUT2D eigenvalue weighted by atomic mass is 16.5. The topological polar surface area (TPSA) is 112 Å². The number of hydrogen-bond acceptors (Lipinski definition) is 8. The molecule has 0 unspecified atom stereocenters. The molecule has 4 aromatic rings. The number of anilines is 2. The van der Waals surface area contributed by atoms with Crippen LogP contribution in [-0.4, -0.2) is 48.4 Å². The number of benzene rings is 4. The van der Waals surface area contributed by atoms with E-state index in [1.54, 1.807) is 18.2 Å². The summed E-state index contributed by atoms with van der Waals surface area (Å²) >= 11 is 0. The zero-order chi connectivity index (χ0) is 31.2. The number of carbonyl (C=O) groups is 2. The van der Waals surface area contributed by atoms with E-state index in [-0.39, 0.29) is 22.8 Å². The molecule has 0 fully saturated rings. The van der Waals surface area contributed by atoms with Crippen molar-refractivity contribution in [1.29, 1.82) is 0 Å². The third kappa shape index (κ3) is 4.26. The average Bonchev–Trinajstić information content (AvgIpc) is 3.26. The zero-order valence-electron chi connectivity index (χ0n) is 25.3. The van der Waals surface area contributed by atoms with Crippen LogP contribution >= 0.6 is 0 Å². The number of fused-ring (bicyclic) bond motifs is 6. The Kier molecular flexibility index (Phi) is 7.25. The van der Waals surface area contributed by atoms with E-state index in [2.05, 4.69) is 22.8 Å². The van der Waals surface area contributed by atoms with Crippen LogP contribution in [0.4, 0.5) is 11.4 Å². The minimum Gasteiger partial charge on any atom is -0.506 e. The van der Waals surface area contributed by atoms with Gasteiger partial charge in [0.2, 0.25) is 0 Å². The summed E-state index contributed by atoms with van der Waals surface area (Å²) in [5.74, 6) is -0.0614. The Balaban J connectivity index is 1.65. The second kappa shape index (κ2) is 11.1. The highest BCUT2D eigenvalue weighted by Crippen LogP contribution is 2.59. The molecule has 0 saturated heterocycles. The van der Waals surface area contributed by atoms with Gasteiger partial charge in [0.15, 0.2) is 0 Å². The van der Waals surface area contributed by atoms with Gasteiger partial charge in [-0.15, -0.1) is 0 Å². The van der Waals surface area contributed by atoms with Gasteiger partial charge in [-0.05, 0) is 69.2 Å². The Labute approximate surface area is 256 Å². The molecule has 0 bridgehead atoms. The molecule has 1 amide bonds. The highest BCUT2D eigenvalue weighted by molar-refractivity contribution is 6.03. The number of methoxy groups -OCH3 is 1. The SMILES string of the molecule is CCNc1cc2c(cc1C)C1(c3cc(C)c(NCC)cc3O2)c2ccccc2C(=O)N1/N=C/c1cccc(C(=O)OC)c1O. The molecule has 4 aromatic carbocycles. The number of nitrogens with zero attached hydrogens (tertiary/aromatic N) is 2. The Bertz CT molecular complexity index is 1790. The average molecular weight is 591 g/mol. The summed E-state index contributed by atoms with van der Waals surface area (Å²) < 4.78 is 11.4. The summed E-state index contributed by atoms with van der Waals surface area (Å²) in [6.07, 6.45) is 1.40. The van der Waals surface area contributed by atoms with E-state index in [0.717, 1.165) is 52.3 Å². The van der Waals surface area contributed by atoms with Gasteiger partial charge in [0, 0.05) is 64.4 Å². The number of phenols is 1. The Morgan fingerprint density at radius 1 is 0.932 bits per heavy atom. The third-order valence-corrected chi connectivity index (χ3v) is 8.23. The van der Waals surface area contributed by atoms with Gasteiger partial charge in [0.1, 0.15) is 28.4 Å². The number of carbonyl (C=O) groups excluding carboxylic acids is 2. The predicted molar refractivity (Wildman–Crippen MR) is 170 cm³/mol. The largest absolute Gasteiger partial charge is 0.506 e. The zero-order valence-corrected chi connectivity index (χ0v) is 25.3. The number of phenolic OH excluding ortho intramolecular Hbond substituents is 1. The van der Waals surface area contributed by atoms with Gasteiger partial charge < -0.3 is 25.2 Å². The van der Waals surface area contributed by atoms with Gasteiger partial charge in [-0.25, -0.2) is 9.80 Å². The summed E-state index contributed by atoms with van der Waals surface area (Å²) in [6.45, 7) is 9.58. The van der Waals surface area contributed by atoms with Crippen molar-refractivity contribution in [3.05, 3.63) is 111 Å². The van der Waals surface area contributed by atoms with Crippen LogP contribution in [0.15, 0.2) is 71.8 Å². The molecule has 9 nitrogen and oxygen atoms in total. The smallest absolute Gasteiger partial charge is 0.341 e. The Morgan fingerprint density at radius 3 is 2.14 bits per heavy atom. The first-order valence-electron chi connectivity index (χ1n) is 14.6. The van der Waals surface area contributed by atoms with Gasteiger partial charge in [-0.3, -0.25) is 4.79 Å². The molecular weight excluding hydrogens is 556 g/mol. The molecule has 0 aromatic heterocycles. The minimum absolute atomic E-state index is 0.00196. The second-order valence-corrected chi connectivity index (χ2v) is 10.8. The number of hydrazone groups is 1. The van der Waals surface area contributed by atoms with Crippen molar-refractivity contribution in [2.45, 2.75) is 33.2 Å². The number of aromatic hydroxyl groups is 1. The van der Waals surface area contributed by atoms with E-state index in [1.807, 2.05) is 58.0 Å². The van der Waals surface area contributed by atoms with E-state index in [1.165, 1.54) is 24.4 Å². The van der Waals surface area contributed by atoms with Crippen LogP contribution in [0.1, 0.15) is 67.9 Å². The summed E-state index contributed by atoms with van der Waals surface area (Å²) in [5.41, 5.74) is 5.73. The standard InChI is InChI=1S/C35H34N4O5/c1-6-36-28-17-30-26(15-20(28)3)35(27-16-21(4)29(37-7-2)18-31(27)44-30)25-14-9-8-12-23(25)33(41)39(35)38-19-22-11-10-13-24(32(22)40)34(42)43-5/h8-19,36-37,40H,6-7H2,1-5H3/b38-19+. The monoisotopic (exact) mass is 590 g/mol. The quantitative estimate of drug-likeness (QED) is 0.165. The summed E-state index contributed by atoms with van der Waals surface area (Å²) in [4.78, 5) is 26.6. The summed E-state index contributed by atoms with van der Waals surface area (Å²) in [6, 6.07) is 20.3. The van der Waals surface area contributed by atoms with E-state index >= 15 is 0 Å². The fraction of sp³-hybridized carbons (Fsp3) is 0.229. The molecule has 0 aliphatic carbocycles. The van der Waals surface area contributed by atoms with Crippen molar-refractivity contribution in [3.8, 4) is 17.2 Å². The van der Waals surface area contributed by atoms with Gasteiger partial charge >= 0.3 is 5.97 Å². The number of hydrogen-bond donors (Lipinski definition) is 3. The minimum atomic E-state index is -1.19. The first kappa shape index (κ1) is 28.8. The maximum absolute atomic E-state index is 14.3. The molecule has 2 heterocycles. The lowest BCUT2D eigenvalue weighted by Crippen LogP contribution is -2.44. The second-order valence-electron chi connectivity index (χ2n) is 10.8. The summed E-state index contributed by atoms with van der Waals surface area (Å²) in [5, 5.41) is 24.0. The van der Waals surface area contributed by atoms with Crippen molar-refractivity contribution in [2.75, 3.05) is 30.8 Å². The molecule has 224 valence electrons. The van der Waals surface area contributed by atoms with E-state index < -0.39 is 11.5 Å². The van der Waals surface area contributed by atoms with Crippen LogP contribution in [0.2, 0.25) is 0 Å². The molecule has 0 atom stereocenters. The molecule has 2 aliphatic heterocycles. The number of amides is 1. The molecule has 9 heteroatoms. The molecule has 3 N–H and O–H groups in total. The van der Waals surface area contributed by atoms with Crippen molar-refractivity contribution in [1.82, 2.24) is 5.01 Å². The molecule has 0 radical (unpaired) electrons. The lowest BCUT2D eigenvalue weighted by molar-refractivity contribution is 0.0596. The number of ether oxygens (including phenoxy) is 2. The van der Waals surface area contributed by atoms with Crippen LogP contribution in [0.5, 0.6) is 17.2 Å². The van der Waals surface area contributed by atoms with Crippen molar-refractivity contribution in [3.63, 3.8) is 0 Å². The van der Waals surface area contributed by atoms with Gasteiger partial charge in [-0.1, -0.05) is 24.3 Å². The lowest BCUT2D eigenvalue weighted by atomic mass is 9.74. The lowest BCUT2D eigenvalue weighted by Gasteiger charge is -2.42. The molecular formula is C35H34N4O5.